The molecule has 0 aromatic heterocycles. The molecule has 0 aromatic rings. The zero-order chi connectivity index (χ0) is 10.7. The van der Waals surface area contributed by atoms with E-state index in [2.05, 4.69) is 6.92 Å². The summed E-state index contributed by atoms with van der Waals surface area (Å²) < 4.78 is 6.28. The Bertz CT molecular complexity index is 197. The molecule has 1 aliphatic heterocycles. The molecule has 1 spiro atoms. The average molecular weight is 231 g/mol. The fourth-order valence-electron chi connectivity index (χ4n) is 3.08. The van der Waals surface area contributed by atoms with E-state index >= 15 is 0 Å². The average Bonchev–Trinajstić information content (AvgIpc) is 2.60. The number of alkyl halides is 1. The van der Waals surface area contributed by atoms with Gasteiger partial charge in [-0.15, -0.1) is 11.6 Å². The molecule has 15 heavy (non-hydrogen) atoms. The highest BCUT2D eigenvalue weighted by Crippen LogP contribution is 2.42. The van der Waals surface area contributed by atoms with Crippen molar-refractivity contribution in [3.63, 3.8) is 0 Å². The molecule has 1 saturated carbocycles. The Kier molecular flexibility index (Phi) is 3.95. The highest BCUT2D eigenvalue weighted by atomic mass is 35.5. The Hall–Kier alpha value is 0.250. The van der Waals surface area contributed by atoms with E-state index in [1.807, 2.05) is 0 Å². The van der Waals surface area contributed by atoms with Crippen molar-refractivity contribution in [1.29, 1.82) is 0 Å². The maximum atomic E-state index is 6.28. The van der Waals surface area contributed by atoms with Crippen LogP contribution < -0.4 is 0 Å². The molecule has 2 atom stereocenters. The number of hydrogen-bond donors (Lipinski definition) is 0. The summed E-state index contributed by atoms with van der Waals surface area (Å²) in [7, 11) is 0. The molecule has 88 valence electrons. The Labute approximate surface area is 98.5 Å². The molecule has 2 fully saturated rings. The van der Waals surface area contributed by atoms with Gasteiger partial charge in [0, 0.05) is 5.38 Å². The molecule has 0 N–H and O–H groups in total. The first-order valence-electron chi connectivity index (χ1n) is 6.52. The second-order valence-corrected chi connectivity index (χ2v) is 6.13. The van der Waals surface area contributed by atoms with Crippen molar-refractivity contribution in [3.8, 4) is 0 Å². The summed E-state index contributed by atoms with van der Waals surface area (Å²) in [6.45, 7) is 2.08. The van der Waals surface area contributed by atoms with Crippen LogP contribution in [0, 0.1) is 0 Å². The van der Waals surface area contributed by atoms with Crippen LogP contribution in [0.4, 0.5) is 0 Å². The van der Waals surface area contributed by atoms with E-state index in [-0.39, 0.29) is 0 Å². The predicted octanol–water partition coefficient (Wildman–Crippen LogP) is 4.28. The number of ether oxygens (including phenoxy) is 1. The van der Waals surface area contributed by atoms with Crippen LogP contribution >= 0.6 is 11.6 Å². The molecular weight excluding hydrogens is 208 g/mol. The maximum Gasteiger partial charge on any atom is 0.0687 e. The summed E-state index contributed by atoms with van der Waals surface area (Å²) in [5.41, 5.74) is 0.290. The summed E-state index contributed by atoms with van der Waals surface area (Å²) >= 11 is 5.98. The predicted molar refractivity (Wildman–Crippen MR) is 64.5 cm³/mol. The lowest BCUT2D eigenvalue weighted by molar-refractivity contribution is -0.0659. The van der Waals surface area contributed by atoms with Gasteiger partial charge in [-0.05, 0) is 45.4 Å². The fraction of sp³-hybridized carbons (Fsp3) is 1.00. The standard InChI is InChI=1S/C13H23ClO/c1-11(14)5-6-12-7-10-13(15-12)8-3-2-4-9-13/h11-12H,2-10H2,1H3. The molecule has 0 amide bonds. The van der Waals surface area contributed by atoms with Crippen LogP contribution in [0.2, 0.25) is 0 Å². The molecule has 2 aliphatic rings. The maximum absolute atomic E-state index is 6.28. The molecule has 0 radical (unpaired) electrons. The van der Waals surface area contributed by atoms with Crippen molar-refractivity contribution in [2.75, 3.05) is 0 Å². The van der Waals surface area contributed by atoms with E-state index < -0.39 is 0 Å². The number of rotatable bonds is 3. The Balaban J connectivity index is 1.78. The second kappa shape index (κ2) is 5.05. The first kappa shape index (κ1) is 11.7. The van der Waals surface area contributed by atoms with Gasteiger partial charge in [-0.25, -0.2) is 0 Å². The van der Waals surface area contributed by atoms with Crippen LogP contribution in [-0.4, -0.2) is 17.1 Å². The molecule has 1 heterocycles. The highest BCUT2D eigenvalue weighted by molar-refractivity contribution is 6.20. The van der Waals surface area contributed by atoms with Crippen LogP contribution in [0.15, 0.2) is 0 Å². The fourth-order valence-corrected chi connectivity index (χ4v) is 3.20. The van der Waals surface area contributed by atoms with Gasteiger partial charge in [-0.1, -0.05) is 19.3 Å². The summed E-state index contributed by atoms with van der Waals surface area (Å²) in [4.78, 5) is 0. The van der Waals surface area contributed by atoms with Gasteiger partial charge in [0.2, 0.25) is 0 Å². The SMILES string of the molecule is CC(Cl)CCC1CCC2(CCCCC2)O1. The van der Waals surface area contributed by atoms with Gasteiger partial charge in [0.05, 0.1) is 11.7 Å². The van der Waals surface area contributed by atoms with E-state index in [1.165, 1.54) is 44.9 Å². The van der Waals surface area contributed by atoms with Crippen molar-refractivity contribution in [3.05, 3.63) is 0 Å². The number of halogens is 1. The smallest absolute Gasteiger partial charge is 0.0687 e. The van der Waals surface area contributed by atoms with Crippen molar-refractivity contribution < 1.29 is 4.74 Å². The van der Waals surface area contributed by atoms with Gasteiger partial charge in [-0.2, -0.15) is 0 Å². The first-order valence-corrected chi connectivity index (χ1v) is 6.96. The third-order valence-electron chi connectivity index (χ3n) is 3.99. The number of hydrogen-bond acceptors (Lipinski definition) is 1. The van der Waals surface area contributed by atoms with Crippen LogP contribution in [0.1, 0.15) is 64.7 Å². The molecule has 0 aromatic carbocycles. The molecule has 1 saturated heterocycles. The van der Waals surface area contributed by atoms with Crippen molar-refractivity contribution in [1.82, 2.24) is 0 Å². The van der Waals surface area contributed by atoms with Gasteiger partial charge in [-0.3, -0.25) is 0 Å². The lowest BCUT2D eigenvalue weighted by Gasteiger charge is -2.33. The third kappa shape index (κ3) is 3.10. The summed E-state index contributed by atoms with van der Waals surface area (Å²) in [5, 5.41) is 0.302. The molecule has 1 aliphatic carbocycles. The van der Waals surface area contributed by atoms with E-state index in [0.29, 0.717) is 17.1 Å². The molecule has 1 nitrogen and oxygen atoms in total. The minimum absolute atomic E-state index is 0.290. The largest absolute Gasteiger partial charge is 0.372 e. The first-order chi connectivity index (χ1) is 7.20. The van der Waals surface area contributed by atoms with Gasteiger partial charge in [0.15, 0.2) is 0 Å². The van der Waals surface area contributed by atoms with Crippen LogP contribution in [0.5, 0.6) is 0 Å². The van der Waals surface area contributed by atoms with Gasteiger partial charge in [0.1, 0.15) is 0 Å². The molecular formula is C13H23ClO. The second-order valence-electron chi connectivity index (χ2n) is 5.38. The van der Waals surface area contributed by atoms with E-state index in [4.69, 9.17) is 16.3 Å². The lowest BCUT2D eigenvalue weighted by atomic mass is 9.83. The zero-order valence-electron chi connectivity index (χ0n) is 9.80. The van der Waals surface area contributed by atoms with Crippen LogP contribution in [-0.2, 0) is 4.74 Å². The quantitative estimate of drug-likeness (QED) is 0.658. The van der Waals surface area contributed by atoms with Crippen molar-refractivity contribution in [2.45, 2.75) is 81.8 Å². The van der Waals surface area contributed by atoms with E-state index in [0.717, 1.165) is 12.8 Å². The van der Waals surface area contributed by atoms with E-state index in [9.17, 15) is 0 Å². The Morgan fingerprint density at radius 3 is 2.67 bits per heavy atom. The van der Waals surface area contributed by atoms with Crippen molar-refractivity contribution in [2.24, 2.45) is 0 Å². The Morgan fingerprint density at radius 2 is 2.00 bits per heavy atom. The molecule has 2 heteroatoms. The summed E-state index contributed by atoms with van der Waals surface area (Å²) in [6, 6.07) is 0. The topological polar surface area (TPSA) is 9.23 Å². The van der Waals surface area contributed by atoms with Gasteiger partial charge in [0.25, 0.3) is 0 Å². The van der Waals surface area contributed by atoms with Crippen molar-refractivity contribution >= 4 is 11.6 Å². The minimum Gasteiger partial charge on any atom is -0.372 e. The summed E-state index contributed by atoms with van der Waals surface area (Å²) in [6.07, 6.45) is 12.1. The molecule has 2 unspecified atom stereocenters. The van der Waals surface area contributed by atoms with Crippen LogP contribution in [0.25, 0.3) is 0 Å². The van der Waals surface area contributed by atoms with Gasteiger partial charge < -0.3 is 4.74 Å². The molecule has 0 bridgehead atoms. The highest BCUT2D eigenvalue weighted by Gasteiger charge is 2.40. The zero-order valence-corrected chi connectivity index (χ0v) is 10.6. The van der Waals surface area contributed by atoms with E-state index in [1.54, 1.807) is 0 Å². The summed E-state index contributed by atoms with van der Waals surface area (Å²) in [5.74, 6) is 0. The third-order valence-corrected chi connectivity index (χ3v) is 4.21. The molecule has 2 rings (SSSR count). The Morgan fingerprint density at radius 1 is 1.27 bits per heavy atom. The normalized spacial score (nSPS) is 32.0. The van der Waals surface area contributed by atoms with Gasteiger partial charge >= 0.3 is 0 Å². The monoisotopic (exact) mass is 230 g/mol. The lowest BCUT2D eigenvalue weighted by Crippen LogP contribution is -2.31. The van der Waals surface area contributed by atoms with Crippen LogP contribution in [0.3, 0.4) is 0 Å². The minimum atomic E-state index is 0.290.